The van der Waals surface area contributed by atoms with Gasteiger partial charge in [-0.1, -0.05) is 24.6 Å². The summed E-state index contributed by atoms with van der Waals surface area (Å²) in [6.45, 7) is 2.14. The van der Waals surface area contributed by atoms with E-state index in [0.717, 1.165) is 31.1 Å². The van der Waals surface area contributed by atoms with Gasteiger partial charge in [0, 0.05) is 6.42 Å². The van der Waals surface area contributed by atoms with Gasteiger partial charge >= 0.3 is 0 Å². The molecule has 0 bridgehead atoms. The summed E-state index contributed by atoms with van der Waals surface area (Å²) in [4.78, 5) is 10.7. The molecule has 0 saturated carbocycles. The van der Waals surface area contributed by atoms with E-state index in [2.05, 4.69) is 6.92 Å². The molecular formula is C15H17FO. The second-order valence-corrected chi connectivity index (χ2v) is 4.52. The Labute approximate surface area is 101 Å². The molecule has 0 saturated heterocycles. The third kappa shape index (κ3) is 2.46. The van der Waals surface area contributed by atoms with E-state index < -0.39 is 0 Å². The largest absolute Gasteiger partial charge is 0.303 e. The second-order valence-electron chi connectivity index (χ2n) is 4.52. The van der Waals surface area contributed by atoms with Crippen LogP contribution >= 0.6 is 0 Å². The van der Waals surface area contributed by atoms with Crippen LogP contribution in [-0.2, 0) is 4.79 Å². The van der Waals surface area contributed by atoms with Gasteiger partial charge in [0.1, 0.15) is 12.1 Å². The third-order valence-electron chi connectivity index (χ3n) is 3.55. The number of halogens is 1. The third-order valence-corrected chi connectivity index (χ3v) is 3.55. The Morgan fingerprint density at radius 2 is 2.06 bits per heavy atom. The van der Waals surface area contributed by atoms with E-state index in [0.29, 0.717) is 12.3 Å². The quantitative estimate of drug-likeness (QED) is 0.717. The van der Waals surface area contributed by atoms with Crippen molar-refractivity contribution in [2.24, 2.45) is 5.92 Å². The minimum atomic E-state index is -0.211. The van der Waals surface area contributed by atoms with E-state index in [4.69, 9.17) is 0 Å². The van der Waals surface area contributed by atoms with Crippen molar-refractivity contribution in [2.75, 3.05) is 0 Å². The molecule has 1 atom stereocenters. The maximum Gasteiger partial charge on any atom is 0.123 e. The molecule has 0 fully saturated rings. The second kappa shape index (κ2) is 5.26. The lowest BCUT2D eigenvalue weighted by Crippen LogP contribution is -2.00. The first-order valence-electron chi connectivity index (χ1n) is 6.17. The average Bonchev–Trinajstić information content (AvgIpc) is 2.74. The molecule has 0 radical (unpaired) electrons. The van der Waals surface area contributed by atoms with Crippen LogP contribution in [0.2, 0.25) is 0 Å². The van der Waals surface area contributed by atoms with Crippen molar-refractivity contribution in [1.82, 2.24) is 0 Å². The van der Waals surface area contributed by atoms with Crippen LogP contribution in [0, 0.1) is 11.7 Å². The van der Waals surface area contributed by atoms with E-state index in [1.165, 1.54) is 23.3 Å². The van der Waals surface area contributed by atoms with Gasteiger partial charge in [-0.2, -0.15) is 0 Å². The Balaban J connectivity index is 2.37. The van der Waals surface area contributed by atoms with E-state index in [-0.39, 0.29) is 5.82 Å². The summed E-state index contributed by atoms with van der Waals surface area (Å²) in [7, 11) is 0. The van der Waals surface area contributed by atoms with Crippen LogP contribution in [0.4, 0.5) is 4.39 Å². The molecule has 0 spiro atoms. The smallest absolute Gasteiger partial charge is 0.123 e. The molecule has 1 unspecified atom stereocenters. The summed E-state index contributed by atoms with van der Waals surface area (Å²) < 4.78 is 12.9. The van der Waals surface area contributed by atoms with Crippen molar-refractivity contribution in [3.05, 3.63) is 41.2 Å². The zero-order valence-corrected chi connectivity index (χ0v) is 10.1. The summed E-state index contributed by atoms with van der Waals surface area (Å²) in [5.74, 6) is 0.116. The van der Waals surface area contributed by atoms with E-state index in [1.54, 1.807) is 0 Å². The molecule has 17 heavy (non-hydrogen) atoms. The van der Waals surface area contributed by atoms with Crippen LogP contribution in [0.1, 0.15) is 38.2 Å². The fraction of sp³-hybridized carbons (Fsp3) is 0.400. The van der Waals surface area contributed by atoms with Crippen molar-refractivity contribution >= 4 is 11.9 Å². The molecule has 0 heterocycles. The van der Waals surface area contributed by atoms with E-state index in [9.17, 15) is 9.18 Å². The van der Waals surface area contributed by atoms with Crippen molar-refractivity contribution in [1.29, 1.82) is 0 Å². The number of carbonyl (C=O) groups excluding carboxylic acids is 1. The summed E-state index contributed by atoms with van der Waals surface area (Å²) in [5.41, 5.74) is 3.77. The van der Waals surface area contributed by atoms with Crippen molar-refractivity contribution in [3.63, 3.8) is 0 Å². The first-order valence-corrected chi connectivity index (χ1v) is 6.17. The molecule has 90 valence electrons. The molecule has 1 aliphatic carbocycles. The molecule has 1 aliphatic rings. The summed E-state index contributed by atoms with van der Waals surface area (Å²) in [6.07, 6.45) is 4.71. The topological polar surface area (TPSA) is 17.1 Å². The van der Waals surface area contributed by atoms with Gasteiger partial charge in [-0.3, -0.25) is 0 Å². The summed E-state index contributed by atoms with van der Waals surface area (Å²) in [6, 6.07) is 6.63. The monoisotopic (exact) mass is 232 g/mol. The molecule has 1 aromatic rings. The number of hydrogen-bond donors (Lipinski definition) is 0. The Morgan fingerprint density at radius 1 is 1.35 bits per heavy atom. The number of benzene rings is 1. The van der Waals surface area contributed by atoms with Gasteiger partial charge in [-0.05, 0) is 48.4 Å². The number of rotatable bonds is 4. The fourth-order valence-electron chi connectivity index (χ4n) is 2.70. The van der Waals surface area contributed by atoms with E-state index in [1.807, 2.05) is 12.1 Å². The Morgan fingerprint density at radius 3 is 2.65 bits per heavy atom. The lowest BCUT2D eigenvalue weighted by molar-refractivity contribution is -0.108. The zero-order valence-electron chi connectivity index (χ0n) is 10.1. The van der Waals surface area contributed by atoms with Gasteiger partial charge in [0.15, 0.2) is 0 Å². The Kier molecular flexibility index (Phi) is 3.72. The summed E-state index contributed by atoms with van der Waals surface area (Å²) in [5, 5.41) is 0. The molecule has 0 amide bonds. The maximum atomic E-state index is 12.9. The lowest BCUT2D eigenvalue weighted by atomic mass is 9.91. The van der Waals surface area contributed by atoms with Crippen molar-refractivity contribution in [2.45, 2.75) is 32.6 Å². The predicted octanol–water partition coefficient (Wildman–Crippen LogP) is 3.99. The Bertz CT molecular complexity index is 431. The van der Waals surface area contributed by atoms with Gasteiger partial charge in [0.2, 0.25) is 0 Å². The number of carbonyl (C=O) groups is 1. The van der Waals surface area contributed by atoms with Crippen LogP contribution < -0.4 is 0 Å². The van der Waals surface area contributed by atoms with Crippen LogP contribution in [0.25, 0.3) is 5.57 Å². The molecule has 1 nitrogen and oxygen atoms in total. The fourth-order valence-corrected chi connectivity index (χ4v) is 2.70. The van der Waals surface area contributed by atoms with Crippen molar-refractivity contribution in [3.8, 4) is 0 Å². The van der Waals surface area contributed by atoms with Gasteiger partial charge in [-0.25, -0.2) is 4.39 Å². The molecule has 0 N–H and O–H groups in total. The zero-order chi connectivity index (χ0) is 12.3. The summed E-state index contributed by atoms with van der Waals surface area (Å²) >= 11 is 0. The first kappa shape index (κ1) is 12.0. The molecule has 0 aliphatic heterocycles. The molecule has 0 aromatic heterocycles. The maximum absolute atomic E-state index is 12.9. The van der Waals surface area contributed by atoms with Gasteiger partial charge in [0.05, 0.1) is 0 Å². The van der Waals surface area contributed by atoms with Gasteiger partial charge in [0.25, 0.3) is 0 Å². The minimum absolute atomic E-state index is 0.211. The normalized spacial score (nSPS) is 19.8. The average molecular weight is 232 g/mol. The highest BCUT2D eigenvalue weighted by molar-refractivity contribution is 5.74. The van der Waals surface area contributed by atoms with Gasteiger partial charge < -0.3 is 4.79 Å². The standard InChI is InChI=1S/C15H17FO/c1-2-11-3-4-13(9-10-17)15(11)12-5-7-14(16)8-6-12/h5-8,10,13H,2-4,9H2,1H3. The number of hydrogen-bond acceptors (Lipinski definition) is 1. The van der Waals surface area contributed by atoms with Crippen LogP contribution in [0.5, 0.6) is 0 Å². The van der Waals surface area contributed by atoms with E-state index >= 15 is 0 Å². The minimum Gasteiger partial charge on any atom is -0.303 e. The molecule has 1 aromatic carbocycles. The van der Waals surface area contributed by atoms with Crippen LogP contribution in [0.3, 0.4) is 0 Å². The molecule has 2 heteroatoms. The highest BCUT2D eigenvalue weighted by Gasteiger charge is 2.25. The van der Waals surface area contributed by atoms with Gasteiger partial charge in [-0.15, -0.1) is 0 Å². The highest BCUT2D eigenvalue weighted by atomic mass is 19.1. The van der Waals surface area contributed by atoms with Crippen molar-refractivity contribution < 1.29 is 9.18 Å². The van der Waals surface area contributed by atoms with Crippen LogP contribution in [-0.4, -0.2) is 6.29 Å². The highest BCUT2D eigenvalue weighted by Crippen LogP contribution is 2.41. The number of aldehydes is 1. The Hall–Kier alpha value is -1.44. The van der Waals surface area contributed by atoms with Crippen LogP contribution in [0.15, 0.2) is 29.8 Å². The lowest BCUT2D eigenvalue weighted by Gasteiger charge is -2.13. The number of allylic oxidation sites excluding steroid dienone is 2. The first-order chi connectivity index (χ1) is 8.26. The predicted molar refractivity (Wildman–Crippen MR) is 67.0 cm³/mol. The SMILES string of the molecule is CCC1=C(c2ccc(F)cc2)C(CC=O)CC1. The molecule has 2 rings (SSSR count). The molecular weight excluding hydrogens is 215 g/mol.